The molecule has 0 saturated heterocycles. The van der Waals surface area contributed by atoms with Crippen molar-refractivity contribution in [2.24, 2.45) is 0 Å². The first-order valence-electron chi connectivity index (χ1n) is 5.39. The molecular weight excluding hydrogens is 247 g/mol. The Morgan fingerprint density at radius 1 is 1.39 bits per heavy atom. The van der Waals surface area contributed by atoms with Crippen molar-refractivity contribution in [1.29, 1.82) is 0 Å². The van der Waals surface area contributed by atoms with Gasteiger partial charge in [0.15, 0.2) is 0 Å². The average Bonchev–Trinajstić information content (AvgIpc) is 2.25. The van der Waals surface area contributed by atoms with Crippen molar-refractivity contribution in [2.45, 2.75) is 19.2 Å². The summed E-state index contributed by atoms with van der Waals surface area (Å²) in [5.74, 6) is 0.372. The fraction of sp³-hybridized carbons (Fsp3) is 0.500. The fourth-order valence-corrected chi connectivity index (χ4v) is 1.82. The number of ether oxygens (including phenoxy) is 1. The molecule has 0 radical (unpaired) electrons. The van der Waals surface area contributed by atoms with Crippen molar-refractivity contribution >= 4 is 5.69 Å². The Bertz CT molecular complexity index is 405. The Labute approximate surface area is 104 Å². The van der Waals surface area contributed by atoms with E-state index in [2.05, 4.69) is 0 Å². The quantitative estimate of drug-likeness (QED) is 0.906. The van der Waals surface area contributed by atoms with Crippen LogP contribution >= 0.6 is 0 Å². The zero-order valence-electron chi connectivity index (χ0n) is 10.5. The van der Waals surface area contributed by atoms with E-state index in [0.717, 1.165) is 4.90 Å². The first-order chi connectivity index (χ1) is 8.26. The summed E-state index contributed by atoms with van der Waals surface area (Å²) in [5, 5.41) is 9.68. The van der Waals surface area contributed by atoms with E-state index >= 15 is 0 Å². The number of nitrogens with zero attached hydrogens (tertiary/aromatic N) is 1. The van der Waals surface area contributed by atoms with Crippen molar-refractivity contribution < 1.29 is 23.0 Å². The van der Waals surface area contributed by atoms with Crippen LogP contribution in [0.1, 0.15) is 18.6 Å². The van der Waals surface area contributed by atoms with Gasteiger partial charge in [0.1, 0.15) is 12.3 Å². The Hall–Kier alpha value is -1.43. The number of rotatable bonds is 4. The summed E-state index contributed by atoms with van der Waals surface area (Å²) < 4.78 is 42.2. The lowest BCUT2D eigenvalue weighted by Crippen LogP contribution is -2.31. The van der Waals surface area contributed by atoms with Crippen LogP contribution in [0.3, 0.4) is 0 Å². The molecule has 0 aliphatic carbocycles. The molecule has 1 N–H and O–H groups in total. The summed E-state index contributed by atoms with van der Waals surface area (Å²) in [5.41, 5.74) is 0.661. The van der Waals surface area contributed by atoms with Gasteiger partial charge < -0.3 is 14.7 Å². The summed E-state index contributed by atoms with van der Waals surface area (Å²) in [7, 11) is 2.74. The van der Waals surface area contributed by atoms with Crippen LogP contribution in [0.25, 0.3) is 0 Å². The molecule has 1 unspecified atom stereocenters. The lowest BCUT2D eigenvalue weighted by atomic mass is 10.1. The molecule has 0 saturated carbocycles. The van der Waals surface area contributed by atoms with Gasteiger partial charge in [-0.05, 0) is 19.1 Å². The highest BCUT2D eigenvalue weighted by molar-refractivity contribution is 5.60. The van der Waals surface area contributed by atoms with E-state index < -0.39 is 18.8 Å². The SMILES string of the molecule is COc1cccc(N(C)CC(F)(F)F)c1C(C)O. The number of alkyl halides is 3. The van der Waals surface area contributed by atoms with Crippen LogP contribution in [0.2, 0.25) is 0 Å². The maximum atomic E-state index is 12.4. The second-order valence-corrected chi connectivity index (χ2v) is 4.04. The number of methoxy groups -OCH3 is 1. The molecule has 1 aromatic rings. The lowest BCUT2D eigenvalue weighted by Gasteiger charge is -2.25. The van der Waals surface area contributed by atoms with Gasteiger partial charge in [-0.15, -0.1) is 0 Å². The van der Waals surface area contributed by atoms with Crippen molar-refractivity contribution in [1.82, 2.24) is 0 Å². The van der Waals surface area contributed by atoms with Gasteiger partial charge in [-0.25, -0.2) is 0 Å². The molecule has 6 heteroatoms. The number of hydrogen-bond donors (Lipinski definition) is 1. The molecule has 0 heterocycles. The van der Waals surface area contributed by atoms with Crippen molar-refractivity contribution in [3.63, 3.8) is 0 Å². The monoisotopic (exact) mass is 263 g/mol. The molecule has 0 aliphatic heterocycles. The molecule has 1 rings (SSSR count). The van der Waals surface area contributed by atoms with Gasteiger partial charge in [-0.1, -0.05) is 6.07 Å². The molecule has 0 fully saturated rings. The van der Waals surface area contributed by atoms with E-state index in [9.17, 15) is 18.3 Å². The van der Waals surface area contributed by atoms with Crippen LogP contribution < -0.4 is 9.64 Å². The molecule has 0 aliphatic rings. The van der Waals surface area contributed by atoms with Gasteiger partial charge in [0, 0.05) is 18.3 Å². The van der Waals surface area contributed by atoms with Crippen LogP contribution in [-0.2, 0) is 0 Å². The topological polar surface area (TPSA) is 32.7 Å². The second kappa shape index (κ2) is 5.48. The summed E-state index contributed by atoms with van der Waals surface area (Å²) in [4.78, 5) is 1.05. The van der Waals surface area contributed by atoms with Crippen LogP contribution in [-0.4, -0.2) is 32.0 Å². The van der Waals surface area contributed by atoms with Crippen LogP contribution in [0, 0.1) is 0 Å². The molecule has 102 valence electrons. The smallest absolute Gasteiger partial charge is 0.405 e. The van der Waals surface area contributed by atoms with Crippen LogP contribution in [0.15, 0.2) is 18.2 Å². The number of aliphatic hydroxyl groups excluding tert-OH is 1. The molecule has 1 aromatic carbocycles. The Morgan fingerprint density at radius 3 is 2.44 bits per heavy atom. The van der Waals surface area contributed by atoms with E-state index in [-0.39, 0.29) is 0 Å². The summed E-state index contributed by atoms with van der Waals surface area (Å²) in [6.45, 7) is 0.405. The number of aliphatic hydroxyl groups is 1. The third-order valence-electron chi connectivity index (χ3n) is 2.51. The van der Waals surface area contributed by atoms with Crippen molar-refractivity contribution in [3.8, 4) is 5.75 Å². The van der Waals surface area contributed by atoms with Gasteiger partial charge in [0.05, 0.1) is 13.2 Å². The maximum Gasteiger partial charge on any atom is 0.405 e. The first kappa shape index (κ1) is 14.6. The summed E-state index contributed by atoms with van der Waals surface area (Å²) in [6, 6.07) is 4.72. The molecule has 0 bridgehead atoms. The zero-order valence-corrected chi connectivity index (χ0v) is 10.5. The molecule has 0 amide bonds. The molecule has 18 heavy (non-hydrogen) atoms. The highest BCUT2D eigenvalue weighted by atomic mass is 19.4. The number of benzene rings is 1. The van der Waals surface area contributed by atoms with Gasteiger partial charge >= 0.3 is 6.18 Å². The highest BCUT2D eigenvalue weighted by Gasteiger charge is 2.30. The van der Waals surface area contributed by atoms with E-state index in [1.807, 2.05) is 0 Å². The normalized spacial score (nSPS) is 13.3. The largest absolute Gasteiger partial charge is 0.496 e. The minimum absolute atomic E-state index is 0.307. The van der Waals surface area contributed by atoms with Gasteiger partial charge in [-0.2, -0.15) is 13.2 Å². The standard InChI is InChI=1S/C12H16F3NO2/c1-8(17)11-9(5-4-6-10(11)18-3)16(2)7-12(13,14)15/h4-6,8,17H,7H2,1-3H3. The van der Waals surface area contributed by atoms with E-state index in [0.29, 0.717) is 17.0 Å². The molecule has 3 nitrogen and oxygen atoms in total. The second-order valence-electron chi connectivity index (χ2n) is 4.04. The predicted octanol–water partition coefficient (Wildman–Crippen LogP) is 2.75. The average molecular weight is 263 g/mol. The van der Waals surface area contributed by atoms with Gasteiger partial charge in [0.25, 0.3) is 0 Å². The fourth-order valence-electron chi connectivity index (χ4n) is 1.82. The summed E-state index contributed by atoms with van der Waals surface area (Å²) >= 11 is 0. The van der Waals surface area contributed by atoms with Gasteiger partial charge in [-0.3, -0.25) is 0 Å². The van der Waals surface area contributed by atoms with Crippen molar-refractivity contribution in [3.05, 3.63) is 23.8 Å². The Morgan fingerprint density at radius 2 is 2.00 bits per heavy atom. The minimum Gasteiger partial charge on any atom is -0.496 e. The first-order valence-corrected chi connectivity index (χ1v) is 5.39. The highest BCUT2D eigenvalue weighted by Crippen LogP contribution is 2.35. The molecule has 1 atom stereocenters. The number of halogens is 3. The van der Waals surface area contributed by atoms with Crippen LogP contribution in [0.5, 0.6) is 5.75 Å². The number of hydrogen-bond acceptors (Lipinski definition) is 3. The van der Waals surface area contributed by atoms with Crippen molar-refractivity contribution in [2.75, 3.05) is 25.6 Å². The Balaban J connectivity index is 3.15. The molecule has 0 spiro atoms. The lowest BCUT2D eigenvalue weighted by molar-refractivity contribution is -0.119. The van der Waals surface area contributed by atoms with Crippen LogP contribution in [0.4, 0.5) is 18.9 Å². The van der Waals surface area contributed by atoms with E-state index in [1.54, 1.807) is 12.1 Å². The maximum absolute atomic E-state index is 12.4. The number of anilines is 1. The molecular formula is C12H16F3NO2. The summed E-state index contributed by atoms with van der Waals surface area (Å²) in [6.07, 6.45) is -5.21. The molecule has 0 aromatic heterocycles. The predicted molar refractivity (Wildman–Crippen MR) is 63.0 cm³/mol. The van der Waals surface area contributed by atoms with Gasteiger partial charge in [0.2, 0.25) is 0 Å². The minimum atomic E-state index is -4.30. The third-order valence-corrected chi connectivity index (χ3v) is 2.51. The Kier molecular flexibility index (Phi) is 4.45. The third kappa shape index (κ3) is 3.53. The van der Waals surface area contributed by atoms with E-state index in [1.165, 1.54) is 27.1 Å². The zero-order chi connectivity index (χ0) is 13.9. The van der Waals surface area contributed by atoms with E-state index in [4.69, 9.17) is 4.74 Å².